The lowest BCUT2D eigenvalue weighted by atomic mass is 10.5. The first-order valence-corrected chi connectivity index (χ1v) is 7.75. The number of aromatic nitrogens is 1. The van der Waals surface area contributed by atoms with Gasteiger partial charge in [-0.05, 0) is 14.1 Å². The van der Waals surface area contributed by atoms with Crippen molar-refractivity contribution in [2.45, 2.75) is 4.21 Å². The molecule has 9 heteroatoms. The third-order valence-electron chi connectivity index (χ3n) is 2.42. The molecular weight excluding hydrogens is 290 g/mol. The molecule has 0 spiro atoms. The number of hydrogen-bond donors (Lipinski definition) is 0. The summed E-state index contributed by atoms with van der Waals surface area (Å²) >= 11 is 0.908. The number of esters is 1. The predicted molar refractivity (Wildman–Crippen MR) is 71.8 cm³/mol. The van der Waals surface area contributed by atoms with Gasteiger partial charge in [-0.25, -0.2) is 18.2 Å². The predicted octanol–water partition coefficient (Wildman–Crippen LogP) is 0.112. The molecule has 108 valence electrons. The lowest BCUT2D eigenvalue weighted by Crippen LogP contribution is -2.33. The van der Waals surface area contributed by atoms with Crippen molar-refractivity contribution in [3.63, 3.8) is 0 Å². The second-order valence-corrected chi connectivity index (χ2v) is 7.20. The molecule has 1 rings (SSSR count). The molecular formula is C10H17N3O4S2. The van der Waals surface area contributed by atoms with Crippen LogP contribution < -0.4 is 0 Å². The lowest BCUT2D eigenvalue weighted by molar-refractivity contribution is 0.0590. The number of carbonyl (C=O) groups is 1. The summed E-state index contributed by atoms with van der Waals surface area (Å²) in [4.78, 5) is 17.1. The summed E-state index contributed by atoms with van der Waals surface area (Å²) in [6.07, 6.45) is 0. The third-order valence-corrected chi connectivity index (χ3v) is 5.62. The highest BCUT2D eigenvalue weighted by molar-refractivity contribution is 7.91. The van der Waals surface area contributed by atoms with Gasteiger partial charge in [0.15, 0.2) is 9.90 Å². The van der Waals surface area contributed by atoms with Gasteiger partial charge in [-0.1, -0.05) is 0 Å². The molecule has 0 aliphatic heterocycles. The van der Waals surface area contributed by atoms with Gasteiger partial charge in [0.05, 0.1) is 12.6 Å². The largest absolute Gasteiger partial charge is 0.464 e. The zero-order valence-electron chi connectivity index (χ0n) is 11.3. The summed E-state index contributed by atoms with van der Waals surface area (Å²) < 4.78 is 30.3. The van der Waals surface area contributed by atoms with Crippen molar-refractivity contribution in [2.75, 3.05) is 41.3 Å². The number of thiazole rings is 1. The Labute approximate surface area is 116 Å². The van der Waals surface area contributed by atoms with Gasteiger partial charge < -0.3 is 9.64 Å². The minimum absolute atomic E-state index is 0.0828. The fourth-order valence-corrected chi connectivity index (χ4v) is 3.74. The molecule has 0 atom stereocenters. The van der Waals surface area contributed by atoms with Gasteiger partial charge in [-0.2, -0.15) is 4.31 Å². The van der Waals surface area contributed by atoms with Crippen LogP contribution in [0.25, 0.3) is 0 Å². The Morgan fingerprint density at radius 3 is 2.53 bits per heavy atom. The van der Waals surface area contributed by atoms with Gasteiger partial charge in [-0.15, -0.1) is 11.3 Å². The summed E-state index contributed by atoms with van der Waals surface area (Å²) in [7, 11) is 2.65. The summed E-state index contributed by atoms with van der Waals surface area (Å²) in [5.74, 6) is -0.749. The van der Waals surface area contributed by atoms with E-state index in [9.17, 15) is 13.2 Å². The van der Waals surface area contributed by atoms with Crippen LogP contribution in [0.4, 0.5) is 0 Å². The van der Waals surface area contributed by atoms with Crippen LogP contribution in [0.3, 0.4) is 0 Å². The molecule has 0 saturated carbocycles. The summed E-state index contributed by atoms with van der Waals surface area (Å²) in [5.41, 5.74) is 1.16. The first-order valence-electron chi connectivity index (χ1n) is 5.43. The molecule has 1 aromatic heterocycles. The van der Waals surface area contributed by atoms with Gasteiger partial charge in [-0.3, -0.25) is 0 Å². The molecule has 0 radical (unpaired) electrons. The van der Waals surface area contributed by atoms with E-state index in [1.807, 2.05) is 19.0 Å². The average Bonchev–Trinajstić information content (AvgIpc) is 2.84. The number of ether oxygens (including phenoxy) is 1. The number of rotatable bonds is 6. The molecule has 1 aromatic rings. The maximum absolute atomic E-state index is 12.3. The van der Waals surface area contributed by atoms with E-state index < -0.39 is 16.0 Å². The van der Waals surface area contributed by atoms with Crippen LogP contribution >= 0.6 is 11.3 Å². The molecule has 0 aromatic carbocycles. The molecule has 0 N–H and O–H groups in total. The minimum Gasteiger partial charge on any atom is -0.464 e. The van der Waals surface area contributed by atoms with Crippen LogP contribution in [0.5, 0.6) is 0 Å². The van der Waals surface area contributed by atoms with E-state index in [4.69, 9.17) is 0 Å². The number of carbonyl (C=O) groups excluding carboxylic acids is 1. The first-order chi connectivity index (χ1) is 8.80. The van der Waals surface area contributed by atoms with Crippen LogP contribution in [0.2, 0.25) is 0 Å². The van der Waals surface area contributed by atoms with Gasteiger partial charge in [0.1, 0.15) is 0 Å². The van der Waals surface area contributed by atoms with E-state index in [1.165, 1.54) is 24.0 Å². The number of likely N-dealkylation sites (N-methyl/N-ethyl adjacent to an activating group) is 2. The van der Waals surface area contributed by atoms with Crippen LogP contribution in [-0.4, -0.2) is 69.9 Å². The van der Waals surface area contributed by atoms with Crippen LogP contribution in [0.1, 0.15) is 10.5 Å². The quantitative estimate of drug-likeness (QED) is 0.694. The van der Waals surface area contributed by atoms with Crippen molar-refractivity contribution in [1.29, 1.82) is 0 Å². The standard InChI is InChI=1S/C10H17N3O4S2/c1-12(2)5-6-13(3)19(15,16)10-8(9(14)17-4)11-7-18-10/h7H,5-6H2,1-4H3. The normalized spacial score (nSPS) is 12.1. The highest BCUT2D eigenvalue weighted by Gasteiger charge is 2.29. The van der Waals surface area contributed by atoms with Crippen molar-refractivity contribution in [1.82, 2.24) is 14.2 Å². The fourth-order valence-electron chi connectivity index (χ4n) is 1.25. The highest BCUT2D eigenvalue weighted by atomic mass is 32.2. The second kappa shape index (κ2) is 6.42. The molecule has 0 bridgehead atoms. The number of sulfonamides is 1. The van der Waals surface area contributed by atoms with Gasteiger partial charge in [0, 0.05) is 20.1 Å². The molecule has 7 nitrogen and oxygen atoms in total. The average molecular weight is 307 g/mol. The van der Waals surface area contributed by atoms with E-state index in [0.29, 0.717) is 13.1 Å². The van der Waals surface area contributed by atoms with E-state index in [2.05, 4.69) is 9.72 Å². The summed E-state index contributed by atoms with van der Waals surface area (Å²) in [5, 5.41) is 0. The summed E-state index contributed by atoms with van der Waals surface area (Å²) in [6.45, 7) is 0.913. The fraction of sp³-hybridized carbons (Fsp3) is 0.600. The second-order valence-electron chi connectivity index (χ2n) is 4.11. The van der Waals surface area contributed by atoms with E-state index in [0.717, 1.165) is 11.3 Å². The smallest absolute Gasteiger partial charge is 0.358 e. The van der Waals surface area contributed by atoms with Gasteiger partial charge >= 0.3 is 5.97 Å². The van der Waals surface area contributed by atoms with Crippen molar-refractivity contribution >= 4 is 27.3 Å². The molecule has 0 amide bonds. The first kappa shape index (κ1) is 16.0. The van der Waals surface area contributed by atoms with E-state index in [-0.39, 0.29) is 9.90 Å². The van der Waals surface area contributed by atoms with Crippen molar-refractivity contribution < 1.29 is 17.9 Å². The Morgan fingerprint density at radius 2 is 2.00 bits per heavy atom. The monoisotopic (exact) mass is 307 g/mol. The Hall–Kier alpha value is -1.03. The van der Waals surface area contributed by atoms with Crippen molar-refractivity contribution in [2.24, 2.45) is 0 Å². The Kier molecular flexibility index (Phi) is 5.41. The molecule has 0 aliphatic rings. The Morgan fingerprint density at radius 1 is 1.37 bits per heavy atom. The number of hydrogen-bond acceptors (Lipinski definition) is 7. The molecule has 19 heavy (non-hydrogen) atoms. The number of nitrogens with zero attached hydrogens (tertiary/aromatic N) is 3. The number of methoxy groups -OCH3 is 1. The Balaban J connectivity index is 3.00. The topological polar surface area (TPSA) is 79.8 Å². The minimum atomic E-state index is -3.72. The molecule has 0 aliphatic carbocycles. The third kappa shape index (κ3) is 3.72. The van der Waals surface area contributed by atoms with E-state index >= 15 is 0 Å². The summed E-state index contributed by atoms with van der Waals surface area (Å²) in [6, 6.07) is 0. The maximum atomic E-state index is 12.3. The van der Waals surface area contributed by atoms with Gasteiger partial charge in [0.2, 0.25) is 0 Å². The molecule has 0 saturated heterocycles. The molecule has 0 unspecified atom stereocenters. The van der Waals surface area contributed by atoms with Crippen LogP contribution in [0.15, 0.2) is 9.72 Å². The van der Waals surface area contributed by atoms with Crippen molar-refractivity contribution in [3.05, 3.63) is 11.2 Å². The molecule has 1 heterocycles. The van der Waals surface area contributed by atoms with Crippen molar-refractivity contribution in [3.8, 4) is 0 Å². The SMILES string of the molecule is COC(=O)c1ncsc1S(=O)(=O)N(C)CCN(C)C. The zero-order chi connectivity index (χ0) is 14.6. The Bertz CT molecular complexity index is 539. The lowest BCUT2D eigenvalue weighted by Gasteiger charge is -2.18. The van der Waals surface area contributed by atoms with Gasteiger partial charge in [0.25, 0.3) is 10.0 Å². The maximum Gasteiger partial charge on any atom is 0.358 e. The zero-order valence-corrected chi connectivity index (χ0v) is 12.9. The van der Waals surface area contributed by atoms with E-state index in [1.54, 1.807) is 0 Å². The highest BCUT2D eigenvalue weighted by Crippen LogP contribution is 2.23. The van der Waals surface area contributed by atoms with Crippen LogP contribution in [-0.2, 0) is 14.8 Å². The molecule has 0 fully saturated rings. The van der Waals surface area contributed by atoms with Crippen LogP contribution in [0, 0.1) is 0 Å².